The first-order valence-electron chi connectivity index (χ1n) is 12.2. The SMILES string of the molecule is N#Cc1cnc2c(Cl)cc(N[C@H](C3=CN(C4COC4)NN3)c3ccc(Cl)nc3Cl)cc2c1Nc1ccc(F)c(Cl)c1. The fourth-order valence-corrected chi connectivity index (χ4v) is 5.38. The Bertz CT molecular complexity index is 1740. The lowest BCUT2D eigenvalue weighted by atomic mass is 10.0. The Hall–Kier alpha value is -3.56. The van der Waals surface area contributed by atoms with E-state index in [2.05, 4.69) is 37.6 Å². The number of anilines is 3. The van der Waals surface area contributed by atoms with Gasteiger partial charge >= 0.3 is 0 Å². The minimum Gasteiger partial charge on any atom is -0.377 e. The average Bonchev–Trinajstić information content (AvgIpc) is 3.38. The lowest BCUT2D eigenvalue weighted by molar-refractivity contribution is -0.0635. The second-order valence-corrected chi connectivity index (χ2v) is 10.8. The highest BCUT2D eigenvalue weighted by Gasteiger charge is 2.31. The molecule has 6 rings (SSSR count). The maximum Gasteiger partial charge on any atom is 0.141 e. The number of nitrogens with zero attached hydrogens (tertiary/aromatic N) is 4. The Morgan fingerprint density at radius 2 is 1.88 bits per heavy atom. The Morgan fingerprint density at radius 1 is 1.07 bits per heavy atom. The van der Waals surface area contributed by atoms with Crippen LogP contribution in [0, 0.1) is 17.1 Å². The number of ether oxygens (including phenoxy) is 1. The molecule has 14 heteroatoms. The first-order valence-corrected chi connectivity index (χ1v) is 13.7. The molecule has 0 amide bonds. The van der Waals surface area contributed by atoms with E-state index in [9.17, 15) is 9.65 Å². The number of hydrogen-bond donors (Lipinski definition) is 4. The summed E-state index contributed by atoms with van der Waals surface area (Å²) in [6.07, 6.45) is 3.35. The van der Waals surface area contributed by atoms with Crippen LogP contribution in [0.2, 0.25) is 20.4 Å². The molecule has 4 N–H and O–H groups in total. The van der Waals surface area contributed by atoms with Crippen LogP contribution in [0.3, 0.4) is 0 Å². The first kappa shape index (κ1) is 27.6. The topological polar surface area (TPSA) is 110 Å². The molecule has 208 valence electrons. The highest BCUT2D eigenvalue weighted by atomic mass is 35.5. The van der Waals surface area contributed by atoms with Gasteiger partial charge < -0.3 is 20.8 Å². The van der Waals surface area contributed by atoms with Crippen LogP contribution in [0.5, 0.6) is 0 Å². The summed E-state index contributed by atoms with van der Waals surface area (Å²) in [5.41, 5.74) is 9.98. The number of pyridine rings is 2. The number of aromatic nitrogens is 2. The zero-order chi connectivity index (χ0) is 28.7. The van der Waals surface area contributed by atoms with E-state index in [4.69, 9.17) is 51.1 Å². The van der Waals surface area contributed by atoms with Crippen LogP contribution in [0.15, 0.2) is 60.6 Å². The van der Waals surface area contributed by atoms with Gasteiger partial charge in [-0.1, -0.05) is 52.5 Å². The molecule has 0 bridgehead atoms. The van der Waals surface area contributed by atoms with Crippen molar-refractivity contribution in [2.75, 3.05) is 23.8 Å². The molecule has 2 aromatic carbocycles. The monoisotopic (exact) mass is 630 g/mol. The maximum absolute atomic E-state index is 13.8. The minimum absolute atomic E-state index is 0.0583. The van der Waals surface area contributed by atoms with Gasteiger partial charge in [0.1, 0.15) is 22.2 Å². The maximum atomic E-state index is 13.8. The number of rotatable bonds is 7. The van der Waals surface area contributed by atoms with Gasteiger partial charge in [-0.05, 0) is 36.4 Å². The molecule has 2 aliphatic rings. The number of nitrogens with one attached hydrogen (secondary N) is 4. The van der Waals surface area contributed by atoms with E-state index in [0.29, 0.717) is 51.8 Å². The Balaban J connectivity index is 1.43. The molecule has 4 aromatic rings. The summed E-state index contributed by atoms with van der Waals surface area (Å²) in [6, 6.07) is 13.0. The second kappa shape index (κ2) is 11.4. The van der Waals surface area contributed by atoms with Gasteiger partial charge in [-0.3, -0.25) is 9.99 Å². The van der Waals surface area contributed by atoms with E-state index in [-0.39, 0.29) is 26.9 Å². The number of hydrazine groups is 2. The second-order valence-electron chi connectivity index (χ2n) is 9.28. The van der Waals surface area contributed by atoms with Gasteiger partial charge in [-0.15, -0.1) is 5.53 Å². The summed E-state index contributed by atoms with van der Waals surface area (Å²) in [7, 11) is 0. The van der Waals surface area contributed by atoms with Crippen molar-refractivity contribution in [2.45, 2.75) is 12.1 Å². The van der Waals surface area contributed by atoms with Crippen LogP contribution in [-0.4, -0.2) is 34.2 Å². The van der Waals surface area contributed by atoms with Gasteiger partial charge in [0.15, 0.2) is 0 Å². The van der Waals surface area contributed by atoms with Gasteiger partial charge in [-0.2, -0.15) is 5.26 Å². The zero-order valence-electron chi connectivity index (χ0n) is 20.9. The molecular formula is C27H19Cl4FN8O. The van der Waals surface area contributed by atoms with Gasteiger partial charge in [-0.25, -0.2) is 9.37 Å². The van der Waals surface area contributed by atoms with Gasteiger partial charge in [0.05, 0.1) is 57.8 Å². The molecule has 41 heavy (non-hydrogen) atoms. The number of nitriles is 1. The van der Waals surface area contributed by atoms with Gasteiger partial charge in [0.25, 0.3) is 0 Å². The molecule has 1 saturated heterocycles. The third kappa shape index (κ3) is 5.53. The Kier molecular flexibility index (Phi) is 7.66. The largest absolute Gasteiger partial charge is 0.377 e. The fourth-order valence-electron chi connectivity index (χ4n) is 4.48. The fraction of sp³-hybridized carbons (Fsp3) is 0.148. The molecule has 2 aliphatic heterocycles. The van der Waals surface area contributed by atoms with Gasteiger partial charge in [0, 0.05) is 34.7 Å². The lowest BCUT2D eigenvalue weighted by Gasteiger charge is -2.33. The third-order valence-electron chi connectivity index (χ3n) is 6.63. The quantitative estimate of drug-likeness (QED) is 0.165. The molecule has 4 heterocycles. The smallest absolute Gasteiger partial charge is 0.141 e. The molecule has 0 aliphatic carbocycles. The molecular weight excluding hydrogens is 613 g/mol. The zero-order valence-corrected chi connectivity index (χ0v) is 23.9. The van der Waals surface area contributed by atoms with E-state index in [0.717, 1.165) is 5.70 Å². The van der Waals surface area contributed by atoms with Crippen molar-refractivity contribution < 1.29 is 9.13 Å². The van der Waals surface area contributed by atoms with Crippen LogP contribution >= 0.6 is 46.4 Å². The molecule has 0 saturated carbocycles. The van der Waals surface area contributed by atoms with Crippen molar-refractivity contribution in [1.82, 2.24) is 25.9 Å². The van der Waals surface area contributed by atoms with Crippen molar-refractivity contribution in [3.8, 4) is 6.07 Å². The predicted octanol–water partition coefficient (Wildman–Crippen LogP) is 6.72. The van der Waals surface area contributed by atoms with E-state index in [1.54, 1.807) is 18.2 Å². The molecule has 9 nitrogen and oxygen atoms in total. The van der Waals surface area contributed by atoms with E-state index >= 15 is 0 Å². The Labute approximate surface area is 253 Å². The normalized spacial score (nSPS) is 15.6. The molecule has 0 unspecified atom stereocenters. The summed E-state index contributed by atoms with van der Waals surface area (Å²) in [4.78, 5) is 8.62. The van der Waals surface area contributed by atoms with Crippen LogP contribution in [-0.2, 0) is 4.74 Å². The number of benzene rings is 2. The van der Waals surface area contributed by atoms with Crippen molar-refractivity contribution in [2.24, 2.45) is 0 Å². The molecule has 0 spiro atoms. The van der Waals surface area contributed by atoms with Gasteiger partial charge in [0.2, 0.25) is 0 Å². The molecule has 2 aromatic heterocycles. The minimum atomic E-state index is -0.555. The first-order chi connectivity index (χ1) is 19.8. The van der Waals surface area contributed by atoms with Crippen molar-refractivity contribution in [3.63, 3.8) is 0 Å². The molecule has 1 fully saturated rings. The third-order valence-corrected chi connectivity index (χ3v) is 7.72. The standard InChI is InChI=1S/C27H19Cl4FN8O/c28-19-6-14(1-3-21(19)32)35-24-13(8-33)9-34-25-18(24)5-15(7-20(25)29)36-26(17-2-4-23(30)37-27(17)31)22-10-40(39-38-22)16-11-41-12-16/h1-7,9-10,16,26,36,38-39H,11-12H2,(H,34,35)/t26-/m0/s1. The summed E-state index contributed by atoms with van der Waals surface area (Å²) < 4.78 is 19.1. The summed E-state index contributed by atoms with van der Waals surface area (Å²) in [5, 5.41) is 19.8. The highest BCUT2D eigenvalue weighted by molar-refractivity contribution is 6.36. The molecule has 0 radical (unpaired) electrons. The summed E-state index contributed by atoms with van der Waals surface area (Å²) >= 11 is 25.3. The van der Waals surface area contributed by atoms with Crippen molar-refractivity contribution in [3.05, 3.63) is 97.9 Å². The van der Waals surface area contributed by atoms with Crippen molar-refractivity contribution in [1.29, 1.82) is 5.26 Å². The van der Waals surface area contributed by atoms with E-state index in [1.807, 2.05) is 17.3 Å². The van der Waals surface area contributed by atoms with E-state index < -0.39 is 11.9 Å². The van der Waals surface area contributed by atoms with Crippen LogP contribution < -0.4 is 21.6 Å². The van der Waals surface area contributed by atoms with Crippen LogP contribution in [0.4, 0.5) is 21.5 Å². The number of hydrogen-bond acceptors (Lipinski definition) is 9. The highest BCUT2D eigenvalue weighted by Crippen LogP contribution is 2.38. The van der Waals surface area contributed by atoms with E-state index in [1.165, 1.54) is 24.4 Å². The number of halogens is 5. The van der Waals surface area contributed by atoms with Crippen LogP contribution in [0.25, 0.3) is 10.9 Å². The number of fused-ring (bicyclic) bond motifs is 1. The lowest BCUT2D eigenvalue weighted by Crippen LogP contribution is -2.52. The summed E-state index contributed by atoms with van der Waals surface area (Å²) in [6.45, 7) is 1.20. The predicted molar refractivity (Wildman–Crippen MR) is 158 cm³/mol. The summed E-state index contributed by atoms with van der Waals surface area (Å²) in [5.74, 6) is -0.555. The Morgan fingerprint density at radius 3 is 2.59 bits per heavy atom. The van der Waals surface area contributed by atoms with Crippen LogP contribution in [0.1, 0.15) is 17.2 Å². The average molecular weight is 632 g/mol. The van der Waals surface area contributed by atoms with Crippen molar-refractivity contribution >= 4 is 74.4 Å². The molecule has 1 atom stereocenters.